The van der Waals surface area contributed by atoms with E-state index >= 15 is 0 Å². The number of ether oxygens (including phenoxy) is 1. The molecule has 0 spiro atoms. The van der Waals surface area contributed by atoms with E-state index in [0.29, 0.717) is 19.8 Å². The molecular formula is C11H20F3NO2. The molecule has 1 heterocycles. The van der Waals surface area contributed by atoms with Gasteiger partial charge in [0.15, 0.2) is 0 Å². The maximum Gasteiger partial charge on any atom is 0.401 e. The minimum Gasteiger partial charge on any atom is -0.396 e. The summed E-state index contributed by atoms with van der Waals surface area (Å²) in [5.74, 6) is 0. The molecule has 1 aliphatic heterocycles. The molecule has 1 aliphatic rings. The number of nitrogens with zero attached hydrogens (tertiary/aromatic N) is 1. The van der Waals surface area contributed by atoms with E-state index in [1.165, 1.54) is 4.90 Å². The van der Waals surface area contributed by atoms with Crippen molar-refractivity contribution in [3.63, 3.8) is 0 Å². The van der Waals surface area contributed by atoms with Crippen LogP contribution in [0, 0.1) is 5.41 Å². The summed E-state index contributed by atoms with van der Waals surface area (Å²) in [6.07, 6.45) is -2.68. The van der Waals surface area contributed by atoms with Gasteiger partial charge in [-0.15, -0.1) is 0 Å². The summed E-state index contributed by atoms with van der Waals surface area (Å²) in [4.78, 5) is 1.32. The minimum absolute atomic E-state index is 0.124. The van der Waals surface area contributed by atoms with Gasteiger partial charge in [0.25, 0.3) is 0 Å². The highest BCUT2D eigenvalue weighted by molar-refractivity contribution is 4.85. The standard InChI is InChI=1S/C11H20F3NO2/c1-2-15(7-11(12,13)14)6-10(8-16)4-3-5-17-9-10/h16H,2-9H2,1H3. The van der Waals surface area contributed by atoms with Crippen LogP contribution >= 0.6 is 0 Å². The molecule has 3 nitrogen and oxygen atoms in total. The first kappa shape index (κ1) is 14.7. The molecule has 1 rings (SSSR count). The van der Waals surface area contributed by atoms with E-state index in [4.69, 9.17) is 4.74 Å². The van der Waals surface area contributed by atoms with E-state index in [1.807, 2.05) is 0 Å². The fourth-order valence-corrected chi connectivity index (χ4v) is 2.22. The maximum atomic E-state index is 12.3. The van der Waals surface area contributed by atoms with Crippen LogP contribution in [0.3, 0.4) is 0 Å². The lowest BCUT2D eigenvalue weighted by Crippen LogP contribution is -2.47. The fraction of sp³-hybridized carbons (Fsp3) is 1.00. The molecule has 1 atom stereocenters. The maximum absolute atomic E-state index is 12.3. The topological polar surface area (TPSA) is 32.7 Å². The minimum atomic E-state index is -4.19. The van der Waals surface area contributed by atoms with Gasteiger partial charge in [0.2, 0.25) is 0 Å². The van der Waals surface area contributed by atoms with Crippen LogP contribution in [0.1, 0.15) is 19.8 Å². The van der Waals surface area contributed by atoms with E-state index in [0.717, 1.165) is 12.8 Å². The lowest BCUT2D eigenvalue weighted by molar-refractivity contribution is -0.153. The van der Waals surface area contributed by atoms with Gasteiger partial charge in [-0.05, 0) is 19.4 Å². The Morgan fingerprint density at radius 2 is 2.12 bits per heavy atom. The van der Waals surface area contributed by atoms with Crippen molar-refractivity contribution in [3.05, 3.63) is 0 Å². The van der Waals surface area contributed by atoms with Crippen LogP contribution in [0.15, 0.2) is 0 Å². The number of alkyl halides is 3. The second-order valence-electron chi connectivity index (χ2n) is 4.73. The lowest BCUT2D eigenvalue weighted by atomic mass is 9.83. The third kappa shape index (κ3) is 4.81. The smallest absolute Gasteiger partial charge is 0.396 e. The Hall–Kier alpha value is -0.330. The summed E-state index contributed by atoms with van der Waals surface area (Å²) in [6, 6.07) is 0. The SMILES string of the molecule is CCN(CC(F)(F)F)CC1(CO)CCCOC1. The summed E-state index contributed by atoms with van der Waals surface area (Å²) < 4.78 is 42.3. The molecule has 0 aromatic heterocycles. The van der Waals surface area contributed by atoms with Crippen LogP contribution in [-0.4, -0.2) is 55.6 Å². The van der Waals surface area contributed by atoms with Crippen LogP contribution in [0.25, 0.3) is 0 Å². The number of rotatable bonds is 5. The third-order valence-electron chi connectivity index (χ3n) is 3.15. The fourth-order valence-electron chi connectivity index (χ4n) is 2.22. The number of halogens is 3. The van der Waals surface area contributed by atoms with E-state index in [2.05, 4.69) is 0 Å². The first-order valence-corrected chi connectivity index (χ1v) is 5.88. The number of hydrogen-bond donors (Lipinski definition) is 1. The van der Waals surface area contributed by atoms with Crippen molar-refractivity contribution in [1.29, 1.82) is 0 Å². The van der Waals surface area contributed by atoms with E-state index in [1.54, 1.807) is 6.92 Å². The Labute approximate surface area is 99.5 Å². The highest BCUT2D eigenvalue weighted by atomic mass is 19.4. The zero-order valence-corrected chi connectivity index (χ0v) is 10.1. The van der Waals surface area contributed by atoms with Crippen LogP contribution in [0.2, 0.25) is 0 Å². The summed E-state index contributed by atoms with van der Waals surface area (Å²) >= 11 is 0. The lowest BCUT2D eigenvalue weighted by Gasteiger charge is -2.39. The Bertz CT molecular complexity index is 227. The molecule has 1 saturated heterocycles. The number of hydrogen-bond acceptors (Lipinski definition) is 3. The zero-order chi connectivity index (χ0) is 12.9. The largest absolute Gasteiger partial charge is 0.401 e. The van der Waals surface area contributed by atoms with Crippen molar-refractivity contribution >= 4 is 0 Å². The van der Waals surface area contributed by atoms with Crippen molar-refractivity contribution in [2.45, 2.75) is 25.9 Å². The number of aliphatic hydroxyl groups is 1. The van der Waals surface area contributed by atoms with Crippen molar-refractivity contribution in [3.8, 4) is 0 Å². The van der Waals surface area contributed by atoms with Crippen molar-refractivity contribution in [1.82, 2.24) is 4.90 Å². The van der Waals surface area contributed by atoms with Gasteiger partial charge in [-0.25, -0.2) is 0 Å². The molecule has 1 unspecified atom stereocenters. The third-order valence-corrected chi connectivity index (χ3v) is 3.15. The predicted octanol–water partition coefficient (Wildman–Crippen LogP) is 1.66. The Balaban J connectivity index is 2.58. The first-order chi connectivity index (χ1) is 7.91. The molecule has 0 radical (unpaired) electrons. The van der Waals surface area contributed by atoms with E-state index in [9.17, 15) is 18.3 Å². The molecule has 17 heavy (non-hydrogen) atoms. The molecule has 6 heteroatoms. The second-order valence-corrected chi connectivity index (χ2v) is 4.73. The molecule has 1 N–H and O–H groups in total. The molecule has 0 saturated carbocycles. The Morgan fingerprint density at radius 3 is 2.53 bits per heavy atom. The van der Waals surface area contributed by atoms with Crippen molar-refractivity contribution < 1.29 is 23.0 Å². The molecule has 0 aliphatic carbocycles. The molecule has 1 fully saturated rings. The van der Waals surface area contributed by atoms with Gasteiger partial charge in [-0.2, -0.15) is 13.2 Å². The average Bonchev–Trinajstić information content (AvgIpc) is 2.27. The van der Waals surface area contributed by atoms with Gasteiger partial charge in [0.05, 0.1) is 19.8 Å². The Kier molecular flexibility index (Phi) is 5.22. The van der Waals surface area contributed by atoms with Crippen molar-refractivity contribution in [2.24, 2.45) is 5.41 Å². The van der Waals surface area contributed by atoms with E-state index < -0.39 is 18.1 Å². The second kappa shape index (κ2) is 6.02. The zero-order valence-electron chi connectivity index (χ0n) is 10.1. The van der Waals surface area contributed by atoms with Gasteiger partial charge in [-0.1, -0.05) is 6.92 Å². The number of aliphatic hydroxyl groups excluding tert-OH is 1. The van der Waals surface area contributed by atoms with Crippen LogP contribution in [0.5, 0.6) is 0 Å². The quantitative estimate of drug-likeness (QED) is 0.811. The van der Waals surface area contributed by atoms with Crippen LogP contribution in [-0.2, 0) is 4.74 Å². The monoisotopic (exact) mass is 255 g/mol. The summed E-state index contributed by atoms with van der Waals surface area (Å²) in [7, 11) is 0. The highest BCUT2D eigenvalue weighted by Crippen LogP contribution is 2.30. The molecule has 102 valence electrons. The summed E-state index contributed by atoms with van der Waals surface area (Å²) in [6.45, 7) is 2.18. The van der Waals surface area contributed by atoms with Crippen LogP contribution in [0.4, 0.5) is 13.2 Å². The highest BCUT2D eigenvalue weighted by Gasteiger charge is 2.37. The van der Waals surface area contributed by atoms with Gasteiger partial charge in [0, 0.05) is 18.6 Å². The van der Waals surface area contributed by atoms with Gasteiger partial charge in [0.1, 0.15) is 0 Å². The van der Waals surface area contributed by atoms with E-state index in [-0.39, 0.29) is 13.2 Å². The summed E-state index contributed by atoms with van der Waals surface area (Å²) in [5, 5.41) is 9.40. The van der Waals surface area contributed by atoms with Gasteiger partial charge >= 0.3 is 6.18 Å². The molecule has 0 aromatic carbocycles. The van der Waals surface area contributed by atoms with Gasteiger partial charge < -0.3 is 9.84 Å². The van der Waals surface area contributed by atoms with Crippen molar-refractivity contribution in [2.75, 3.05) is 39.5 Å². The van der Waals surface area contributed by atoms with Gasteiger partial charge in [-0.3, -0.25) is 4.90 Å². The molecule has 0 bridgehead atoms. The average molecular weight is 255 g/mol. The molecule has 0 amide bonds. The Morgan fingerprint density at radius 1 is 1.41 bits per heavy atom. The summed E-state index contributed by atoms with van der Waals surface area (Å²) in [5.41, 5.74) is -0.528. The predicted molar refractivity (Wildman–Crippen MR) is 57.7 cm³/mol. The first-order valence-electron chi connectivity index (χ1n) is 5.88. The molecular weight excluding hydrogens is 235 g/mol. The normalized spacial score (nSPS) is 26.5. The van der Waals surface area contributed by atoms with Crippen LogP contribution < -0.4 is 0 Å². The molecule has 0 aromatic rings.